The Morgan fingerprint density at radius 1 is 1.00 bits per heavy atom. The second-order valence-corrected chi connectivity index (χ2v) is 10.3. The molecule has 5 aliphatic heterocycles. The predicted molar refractivity (Wildman–Crippen MR) is 123 cm³/mol. The van der Waals surface area contributed by atoms with Crippen molar-refractivity contribution < 1.29 is 23.7 Å². The fraction of sp³-hybridized carbons (Fsp3) is 0.500. The Morgan fingerprint density at radius 2 is 1.73 bits per heavy atom. The van der Waals surface area contributed by atoms with E-state index in [2.05, 4.69) is 36.2 Å². The maximum Gasteiger partial charge on any atom is 0.407 e. The molecule has 2 bridgehead atoms. The molecule has 1 N–H and O–H groups in total. The van der Waals surface area contributed by atoms with Crippen molar-refractivity contribution >= 4 is 6.09 Å². The number of rotatable bonds is 3. The summed E-state index contributed by atoms with van der Waals surface area (Å²) < 4.78 is 23.0. The minimum absolute atomic E-state index is 0.0108. The second-order valence-electron chi connectivity index (χ2n) is 10.3. The molecular formula is C26H30N2O5. The van der Waals surface area contributed by atoms with Gasteiger partial charge >= 0.3 is 6.09 Å². The van der Waals surface area contributed by atoms with Crippen LogP contribution in [0.4, 0.5) is 4.79 Å². The van der Waals surface area contributed by atoms with E-state index in [0.29, 0.717) is 12.5 Å². The van der Waals surface area contributed by atoms with Crippen LogP contribution in [0, 0.1) is 11.3 Å². The van der Waals surface area contributed by atoms with E-state index < -0.39 is 0 Å². The Bertz CT molecular complexity index is 1080. The van der Waals surface area contributed by atoms with Gasteiger partial charge in [-0.2, -0.15) is 0 Å². The molecule has 3 fully saturated rings. The number of fused-ring (bicyclic) bond motifs is 5. The molecule has 5 heterocycles. The second kappa shape index (κ2) is 7.83. The lowest BCUT2D eigenvalue weighted by atomic mass is 9.78. The maximum atomic E-state index is 12.9. The van der Waals surface area contributed by atoms with Crippen LogP contribution in [0.2, 0.25) is 0 Å². The van der Waals surface area contributed by atoms with Crippen molar-refractivity contribution in [1.29, 1.82) is 0 Å². The number of amides is 1. The van der Waals surface area contributed by atoms with Gasteiger partial charge in [-0.3, -0.25) is 4.90 Å². The molecule has 174 valence electrons. The number of nitrogens with one attached hydrogen (secondary N) is 1. The van der Waals surface area contributed by atoms with E-state index in [-0.39, 0.29) is 30.4 Å². The van der Waals surface area contributed by atoms with Gasteiger partial charge < -0.3 is 24.3 Å². The average Bonchev–Trinajstić information content (AvgIpc) is 3.29. The number of ether oxygens (including phenoxy) is 4. The summed E-state index contributed by atoms with van der Waals surface area (Å²) in [4.78, 5) is 15.3. The lowest BCUT2D eigenvalue weighted by molar-refractivity contribution is -0.0361. The summed E-state index contributed by atoms with van der Waals surface area (Å²) in [6.07, 6.45) is 1.89. The summed E-state index contributed by atoms with van der Waals surface area (Å²) in [5.41, 5.74) is 2.77. The van der Waals surface area contributed by atoms with Gasteiger partial charge in [0.25, 0.3) is 0 Å². The standard InChI is InChI=1S/C26H30N2O5/c1-26(2)14-30-21-11-17(18-4-6-20-22(12-18)32-15-31-20)3-5-19(21)24(26)27-25(29)33-23-13-28-9-7-16(23)8-10-28/h3-6,11-12,16,23-24H,7-10,13-15H2,1-2H3,(H,27,29)/t23-,24?/m0/s1. The van der Waals surface area contributed by atoms with E-state index >= 15 is 0 Å². The normalized spacial score (nSPS) is 28.5. The molecule has 2 atom stereocenters. The van der Waals surface area contributed by atoms with Crippen molar-refractivity contribution in [3.05, 3.63) is 42.0 Å². The lowest BCUT2D eigenvalue weighted by Crippen LogP contribution is -2.53. The van der Waals surface area contributed by atoms with Crippen molar-refractivity contribution in [3.8, 4) is 28.4 Å². The summed E-state index contributed by atoms with van der Waals surface area (Å²) in [5.74, 6) is 2.79. The van der Waals surface area contributed by atoms with E-state index in [9.17, 15) is 4.79 Å². The molecule has 1 amide bonds. The molecule has 0 aliphatic carbocycles. The van der Waals surface area contributed by atoms with Crippen molar-refractivity contribution in [1.82, 2.24) is 10.2 Å². The van der Waals surface area contributed by atoms with Gasteiger partial charge in [0.15, 0.2) is 11.5 Å². The summed E-state index contributed by atoms with van der Waals surface area (Å²) in [7, 11) is 0. The fourth-order valence-corrected chi connectivity index (χ4v) is 5.53. The molecule has 1 unspecified atom stereocenters. The van der Waals surface area contributed by atoms with E-state index in [1.54, 1.807) is 0 Å². The molecule has 7 nitrogen and oxygen atoms in total. The largest absolute Gasteiger partial charge is 0.493 e. The molecule has 2 aromatic rings. The average molecular weight is 451 g/mol. The first kappa shape index (κ1) is 20.7. The van der Waals surface area contributed by atoms with Gasteiger partial charge in [-0.25, -0.2) is 4.79 Å². The van der Waals surface area contributed by atoms with Crippen LogP contribution < -0.4 is 19.5 Å². The van der Waals surface area contributed by atoms with Crippen LogP contribution in [0.5, 0.6) is 17.2 Å². The number of hydrogen-bond donors (Lipinski definition) is 1. The van der Waals surface area contributed by atoms with Crippen LogP contribution in [-0.4, -0.2) is 50.1 Å². The highest BCUT2D eigenvalue weighted by Crippen LogP contribution is 2.45. The molecule has 0 spiro atoms. The third-order valence-electron chi connectivity index (χ3n) is 7.53. The van der Waals surface area contributed by atoms with Gasteiger partial charge in [-0.1, -0.05) is 32.0 Å². The highest BCUT2D eigenvalue weighted by molar-refractivity contribution is 5.71. The smallest absolute Gasteiger partial charge is 0.407 e. The predicted octanol–water partition coefficient (Wildman–Crippen LogP) is 4.36. The monoisotopic (exact) mass is 450 g/mol. The van der Waals surface area contributed by atoms with Crippen LogP contribution >= 0.6 is 0 Å². The molecule has 33 heavy (non-hydrogen) atoms. The van der Waals surface area contributed by atoms with Gasteiger partial charge in [0.2, 0.25) is 6.79 Å². The number of alkyl carbamates (subject to hydrolysis) is 1. The molecule has 2 aromatic carbocycles. The first-order chi connectivity index (χ1) is 16.0. The zero-order chi connectivity index (χ0) is 22.6. The summed E-state index contributed by atoms with van der Waals surface area (Å²) in [5, 5.41) is 3.17. The molecule has 3 saturated heterocycles. The Balaban J connectivity index is 1.22. The van der Waals surface area contributed by atoms with Crippen LogP contribution in [0.1, 0.15) is 38.3 Å². The van der Waals surface area contributed by atoms with Crippen LogP contribution in [-0.2, 0) is 4.74 Å². The number of piperidine rings is 3. The Kier molecular flexibility index (Phi) is 4.91. The van der Waals surface area contributed by atoms with Gasteiger partial charge in [-0.05, 0) is 61.2 Å². The Morgan fingerprint density at radius 3 is 2.48 bits per heavy atom. The SMILES string of the molecule is CC1(C)COc2cc(-c3ccc4c(c3)OCO4)ccc2C1NC(=O)O[C@H]1CN2CCC1CC2. The van der Waals surface area contributed by atoms with Crippen molar-refractivity contribution in [2.75, 3.05) is 33.0 Å². The number of hydrogen-bond acceptors (Lipinski definition) is 6. The topological polar surface area (TPSA) is 69.3 Å². The summed E-state index contributed by atoms with van der Waals surface area (Å²) in [6, 6.07) is 11.9. The molecule has 0 saturated carbocycles. The van der Waals surface area contributed by atoms with Gasteiger partial charge in [0, 0.05) is 17.5 Å². The summed E-state index contributed by atoms with van der Waals surface area (Å²) in [6.45, 7) is 8.09. The number of nitrogens with zero attached hydrogens (tertiary/aromatic N) is 1. The van der Waals surface area contributed by atoms with E-state index in [1.807, 2.05) is 24.3 Å². The van der Waals surface area contributed by atoms with Crippen LogP contribution in [0.25, 0.3) is 11.1 Å². The molecule has 0 radical (unpaired) electrons. The molecule has 7 rings (SSSR count). The third-order valence-corrected chi connectivity index (χ3v) is 7.53. The van der Waals surface area contributed by atoms with Crippen LogP contribution in [0.3, 0.4) is 0 Å². The van der Waals surface area contributed by atoms with Gasteiger partial charge in [0.1, 0.15) is 11.9 Å². The van der Waals surface area contributed by atoms with E-state index in [0.717, 1.165) is 66.4 Å². The van der Waals surface area contributed by atoms with Gasteiger partial charge in [0.05, 0.1) is 12.6 Å². The molecular weight excluding hydrogens is 420 g/mol. The highest BCUT2D eigenvalue weighted by atomic mass is 16.7. The first-order valence-corrected chi connectivity index (χ1v) is 11.8. The van der Waals surface area contributed by atoms with Crippen molar-refractivity contribution in [2.45, 2.75) is 38.8 Å². The Labute approximate surface area is 193 Å². The first-order valence-electron chi connectivity index (χ1n) is 11.8. The number of carbonyl (C=O) groups excluding carboxylic acids is 1. The number of benzene rings is 2. The van der Waals surface area contributed by atoms with E-state index in [1.165, 1.54) is 0 Å². The molecule has 5 aliphatic rings. The maximum absolute atomic E-state index is 12.9. The molecule has 7 heteroatoms. The third kappa shape index (κ3) is 3.78. The zero-order valence-electron chi connectivity index (χ0n) is 19.1. The van der Waals surface area contributed by atoms with Gasteiger partial charge in [-0.15, -0.1) is 0 Å². The van der Waals surface area contributed by atoms with Crippen molar-refractivity contribution in [3.63, 3.8) is 0 Å². The van der Waals surface area contributed by atoms with E-state index in [4.69, 9.17) is 18.9 Å². The van der Waals surface area contributed by atoms with Crippen molar-refractivity contribution in [2.24, 2.45) is 11.3 Å². The number of carbonyl (C=O) groups is 1. The minimum atomic E-state index is -0.334. The molecule has 0 aromatic heterocycles. The minimum Gasteiger partial charge on any atom is -0.493 e. The highest BCUT2D eigenvalue weighted by Gasteiger charge is 2.41. The Hall–Kier alpha value is -2.93. The zero-order valence-corrected chi connectivity index (χ0v) is 19.1. The fourth-order valence-electron chi connectivity index (χ4n) is 5.53. The van der Waals surface area contributed by atoms with Crippen LogP contribution in [0.15, 0.2) is 36.4 Å². The lowest BCUT2D eigenvalue weighted by Gasteiger charge is -2.44. The summed E-state index contributed by atoms with van der Waals surface area (Å²) >= 11 is 0. The quantitative estimate of drug-likeness (QED) is 0.749.